The molecule has 8 heteroatoms. The lowest BCUT2D eigenvalue weighted by atomic mass is 10.1. The van der Waals surface area contributed by atoms with E-state index < -0.39 is 21.9 Å². The lowest BCUT2D eigenvalue weighted by Crippen LogP contribution is -2.39. The van der Waals surface area contributed by atoms with Gasteiger partial charge in [-0.05, 0) is 54.4 Å². The zero-order chi connectivity index (χ0) is 26.0. The van der Waals surface area contributed by atoms with Gasteiger partial charge in [-0.3, -0.25) is 4.31 Å². The Balaban J connectivity index is 1.37. The van der Waals surface area contributed by atoms with Gasteiger partial charge in [0, 0.05) is 11.1 Å². The number of anilines is 1. The highest BCUT2D eigenvalue weighted by atomic mass is 32.2. The molecule has 0 aliphatic heterocycles. The minimum atomic E-state index is -4.04. The number of aliphatic hydroxyl groups is 1. The van der Waals surface area contributed by atoms with Crippen molar-refractivity contribution in [1.82, 2.24) is 0 Å². The zero-order valence-electron chi connectivity index (χ0n) is 20.1. The first-order chi connectivity index (χ1) is 17.8. The van der Waals surface area contributed by atoms with Crippen LogP contribution in [0.15, 0.2) is 107 Å². The van der Waals surface area contributed by atoms with Gasteiger partial charge >= 0.3 is 0 Å². The zero-order valence-corrected chi connectivity index (χ0v) is 20.9. The van der Waals surface area contributed by atoms with Crippen molar-refractivity contribution in [3.8, 4) is 11.1 Å². The summed E-state index contributed by atoms with van der Waals surface area (Å²) in [7, 11) is -4.04. The molecule has 0 amide bonds. The lowest BCUT2D eigenvalue weighted by Gasteiger charge is -2.26. The van der Waals surface area contributed by atoms with Gasteiger partial charge in [0.25, 0.3) is 10.0 Å². The molecule has 188 valence electrons. The number of fused-ring (bicyclic) bond motifs is 3. The van der Waals surface area contributed by atoms with Gasteiger partial charge in [0.2, 0.25) is 0 Å². The van der Waals surface area contributed by atoms with Gasteiger partial charge in [-0.15, -0.1) is 0 Å². The highest BCUT2D eigenvalue weighted by Gasteiger charge is 2.28. The van der Waals surface area contributed by atoms with Crippen molar-refractivity contribution < 1.29 is 22.8 Å². The topological polar surface area (TPSA) is 79.2 Å². The summed E-state index contributed by atoms with van der Waals surface area (Å²) in [5.41, 5.74) is 5.74. The minimum absolute atomic E-state index is 0.0648. The first kappa shape index (κ1) is 24.7. The molecule has 1 N–H and O–H groups in total. The molecule has 0 bridgehead atoms. The van der Waals surface area contributed by atoms with E-state index in [0.717, 1.165) is 32.1 Å². The average Bonchev–Trinajstić information content (AvgIpc) is 3.22. The van der Waals surface area contributed by atoms with Crippen LogP contribution < -0.4 is 4.31 Å². The van der Waals surface area contributed by atoms with Crippen LogP contribution in [-0.2, 0) is 14.9 Å². The quantitative estimate of drug-likeness (QED) is 0.290. The number of hydrogen-bond donors (Lipinski definition) is 1. The molecule has 1 atom stereocenters. The van der Waals surface area contributed by atoms with Gasteiger partial charge in [0.15, 0.2) is 0 Å². The van der Waals surface area contributed by atoms with E-state index in [0.29, 0.717) is 5.71 Å². The van der Waals surface area contributed by atoms with E-state index in [9.17, 15) is 17.9 Å². The van der Waals surface area contributed by atoms with E-state index in [4.69, 9.17) is 4.84 Å². The number of rotatable bonds is 8. The van der Waals surface area contributed by atoms with Crippen molar-refractivity contribution in [2.75, 3.05) is 17.5 Å². The molecule has 4 aromatic rings. The molecule has 0 saturated heterocycles. The van der Waals surface area contributed by atoms with E-state index in [-0.39, 0.29) is 23.7 Å². The first-order valence-electron chi connectivity index (χ1n) is 11.8. The number of hydrogen-bond acceptors (Lipinski definition) is 5. The van der Waals surface area contributed by atoms with Crippen LogP contribution in [0.3, 0.4) is 0 Å². The fourth-order valence-electron chi connectivity index (χ4n) is 4.31. The highest BCUT2D eigenvalue weighted by Crippen LogP contribution is 2.36. The van der Waals surface area contributed by atoms with Crippen molar-refractivity contribution in [2.24, 2.45) is 5.16 Å². The normalized spacial score (nSPS) is 13.0. The molecule has 0 radical (unpaired) electrons. The van der Waals surface area contributed by atoms with Crippen LogP contribution >= 0.6 is 0 Å². The fourth-order valence-corrected chi connectivity index (χ4v) is 5.81. The third-order valence-electron chi connectivity index (χ3n) is 6.18. The Morgan fingerprint density at radius 1 is 0.838 bits per heavy atom. The number of halogens is 1. The van der Waals surface area contributed by atoms with Crippen molar-refractivity contribution in [1.29, 1.82) is 0 Å². The Kier molecular flexibility index (Phi) is 6.78. The molecule has 0 heterocycles. The molecule has 0 spiro atoms. The van der Waals surface area contributed by atoms with Gasteiger partial charge in [0.1, 0.15) is 24.2 Å². The summed E-state index contributed by atoms with van der Waals surface area (Å²) in [6.45, 7) is 1.31. The van der Waals surface area contributed by atoms with Crippen LogP contribution in [0.5, 0.6) is 0 Å². The maximum atomic E-state index is 13.5. The van der Waals surface area contributed by atoms with Crippen LogP contribution in [0.2, 0.25) is 0 Å². The summed E-state index contributed by atoms with van der Waals surface area (Å²) in [5.74, 6) is -0.492. The molecule has 1 aliphatic rings. The highest BCUT2D eigenvalue weighted by molar-refractivity contribution is 7.92. The molecule has 4 aromatic carbocycles. The Hall–Kier alpha value is -4.01. The van der Waals surface area contributed by atoms with Crippen LogP contribution in [0.1, 0.15) is 16.7 Å². The summed E-state index contributed by atoms with van der Waals surface area (Å²) in [5, 5.41) is 15.1. The van der Waals surface area contributed by atoms with Gasteiger partial charge in [0.05, 0.1) is 17.1 Å². The van der Waals surface area contributed by atoms with Crippen LogP contribution in [0.25, 0.3) is 11.1 Å². The van der Waals surface area contributed by atoms with Crippen molar-refractivity contribution in [3.05, 3.63) is 120 Å². The molecule has 1 aliphatic carbocycles. The molecule has 37 heavy (non-hydrogen) atoms. The molecule has 5 rings (SSSR count). The Morgan fingerprint density at radius 2 is 1.38 bits per heavy atom. The van der Waals surface area contributed by atoms with E-state index in [1.54, 1.807) is 12.1 Å². The van der Waals surface area contributed by atoms with E-state index in [1.807, 2.05) is 55.5 Å². The van der Waals surface area contributed by atoms with Crippen molar-refractivity contribution in [3.63, 3.8) is 0 Å². The number of aliphatic hydroxyl groups excluding tert-OH is 1. The number of aryl methyl sites for hydroxylation is 1. The van der Waals surface area contributed by atoms with Gasteiger partial charge < -0.3 is 9.94 Å². The van der Waals surface area contributed by atoms with E-state index in [2.05, 4.69) is 5.16 Å². The van der Waals surface area contributed by atoms with E-state index in [1.165, 1.54) is 36.4 Å². The average molecular weight is 517 g/mol. The van der Waals surface area contributed by atoms with Gasteiger partial charge in [-0.1, -0.05) is 71.4 Å². The second-order valence-corrected chi connectivity index (χ2v) is 10.7. The van der Waals surface area contributed by atoms with Crippen LogP contribution in [-0.4, -0.2) is 38.5 Å². The maximum absolute atomic E-state index is 13.5. The van der Waals surface area contributed by atoms with Crippen LogP contribution in [0, 0.1) is 12.7 Å². The predicted octanol–water partition coefficient (Wildman–Crippen LogP) is 5.14. The minimum Gasteiger partial charge on any atom is -0.392 e. The summed E-state index contributed by atoms with van der Waals surface area (Å²) >= 11 is 0. The third kappa shape index (κ3) is 4.98. The third-order valence-corrected chi connectivity index (χ3v) is 7.99. The number of benzene rings is 4. The second-order valence-electron chi connectivity index (χ2n) is 8.81. The number of sulfonamides is 1. The maximum Gasteiger partial charge on any atom is 0.264 e. The molecular formula is C29H25FN2O4S. The Bertz CT molecular complexity index is 1500. The van der Waals surface area contributed by atoms with Crippen LogP contribution in [0.4, 0.5) is 10.1 Å². The SMILES string of the molecule is Cc1ccc(S(=O)(=O)N(CC(O)CON=C2c3ccccc3-c3ccccc32)c2ccc(F)cc2)cc1. The smallest absolute Gasteiger partial charge is 0.264 e. The molecule has 0 saturated carbocycles. The first-order valence-corrected chi connectivity index (χ1v) is 13.2. The standard InChI is InChI=1S/C29H25FN2O4S/c1-20-10-16-24(17-11-20)37(34,35)32(22-14-12-21(30)13-15-22)18-23(33)19-36-31-29-27-8-4-2-6-25(27)26-7-3-5-9-28(26)29/h2-17,23,33H,18-19H2,1H3. The molecule has 6 nitrogen and oxygen atoms in total. The molecule has 0 fully saturated rings. The van der Waals surface area contributed by atoms with Crippen molar-refractivity contribution >= 4 is 21.4 Å². The lowest BCUT2D eigenvalue weighted by molar-refractivity contribution is 0.0456. The van der Waals surface area contributed by atoms with E-state index >= 15 is 0 Å². The summed E-state index contributed by atoms with van der Waals surface area (Å²) in [6.07, 6.45) is -1.21. The monoisotopic (exact) mass is 516 g/mol. The van der Waals surface area contributed by atoms with Gasteiger partial charge in [-0.2, -0.15) is 0 Å². The summed E-state index contributed by atoms with van der Waals surface area (Å²) in [4.78, 5) is 5.60. The van der Waals surface area contributed by atoms with Gasteiger partial charge in [-0.25, -0.2) is 12.8 Å². The fraction of sp³-hybridized carbons (Fsp3) is 0.138. The summed E-state index contributed by atoms with van der Waals surface area (Å²) in [6, 6.07) is 27.2. The predicted molar refractivity (Wildman–Crippen MR) is 142 cm³/mol. The summed E-state index contributed by atoms with van der Waals surface area (Å²) < 4.78 is 41.6. The Morgan fingerprint density at radius 3 is 1.95 bits per heavy atom. The molecule has 1 unspecified atom stereocenters. The Labute approximate surface area is 215 Å². The number of oxime groups is 1. The number of nitrogens with zero attached hydrogens (tertiary/aromatic N) is 2. The molecular weight excluding hydrogens is 491 g/mol. The largest absolute Gasteiger partial charge is 0.392 e. The van der Waals surface area contributed by atoms with Crippen molar-refractivity contribution in [2.45, 2.75) is 17.9 Å². The second kappa shape index (κ2) is 10.2. The molecule has 0 aromatic heterocycles.